The highest BCUT2D eigenvalue weighted by atomic mass is 32.2. The number of ether oxygens (including phenoxy) is 1. The molecule has 2 aliphatic heterocycles. The van der Waals surface area contributed by atoms with E-state index in [0.717, 1.165) is 19.4 Å². The molecule has 1 aromatic rings. The minimum Gasteiger partial charge on any atom is -0.410 e. The van der Waals surface area contributed by atoms with E-state index < -0.39 is 25.0 Å². The maximum Gasteiger partial charge on any atom is 0.414 e. The van der Waals surface area contributed by atoms with E-state index in [1.165, 1.54) is 40.9 Å². The van der Waals surface area contributed by atoms with E-state index in [-0.39, 0.29) is 11.3 Å². The van der Waals surface area contributed by atoms with Crippen LogP contribution in [0.5, 0.6) is 5.75 Å². The van der Waals surface area contributed by atoms with Crippen LogP contribution in [-0.2, 0) is 9.36 Å². The molecule has 8 nitrogen and oxygen atoms in total. The molecular formula is C21H28FN4O4PS. The van der Waals surface area contributed by atoms with Crippen molar-refractivity contribution in [3.05, 3.63) is 34.5 Å². The minimum absolute atomic E-state index is 0.156. The highest BCUT2D eigenvalue weighted by molar-refractivity contribution is 8.18. The summed E-state index contributed by atoms with van der Waals surface area (Å²) >= 11 is 1.18. The molecule has 0 aliphatic carbocycles. The molecule has 3 rings (SSSR count). The first-order valence-corrected chi connectivity index (χ1v) is 14.0. The number of amidine groups is 1. The second-order valence-electron chi connectivity index (χ2n) is 8.15. The van der Waals surface area contributed by atoms with Crippen LogP contribution in [0.25, 0.3) is 6.08 Å². The zero-order valence-electron chi connectivity index (χ0n) is 18.7. The first-order valence-electron chi connectivity index (χ1n) is 10.4. The molecule has 0 unspecified atom stereocenters. The van der Waals surface area contributed by atoms with Gasteiger partial charge in [0.2, 0.25) is 0 Å². The number of aliphatic imine (C=N–C) groups is 1. The normalized spacial score (nSPS) is 18.8. The van der Waals surface area contributed by atoms with Gasteiger partial charge in [-0.05, 0) is 69.1 Å². The number of carbonyl (C=O) groups is 2. The Bertz CT molecular complexity index is 1010. The van der Waals surface area contributed by atoms with E-state index in [0.29, 0.717) is 29.4 Å². The Morgan fingerprint density at radius 3 is 2.75 bits per heavy atom. The quantitative estimate of drug-likeness (QED) is 0.461. The molecule has 0 N–H and O–H groups in total. The molecule has 0 bridgehead atoms. The lowest BCUT2D eigenvalue weighted by Gasteiger charge is -2.40. The summed E-state index contributed by atoms with van der Waals surface area (Å²) in [5.74, 6) is -0.802. The van der Waals surface area contributed by atoms with E-state index >= 15 is 0 Å². The molecule has 0 aromatic heterocycles. The number of amides is 2. The van der Waals surface area contributed by atoms with Gasteiger partial charge in [0.15, 0.2) is 5.17 Å². The van der Waals surface area contributed by atoms with Gasteiger partial charge in [0.05, 0.1) is 18.3 Å². The summed E-state index contributed by atoms with van der Waals surface area (Å²) in [6.07, 6.45) is 3.24. The maximum absolute atomic E-state index is 13.9. The predicted octanol–water partition coefficient (Wildman–Crippen LogP) is 4.14. The predicted molar refractivity (Wildman–Crippen MR) is 126 cm³/mol. The van der Waals surface area contributed by atoms with Crippen LogP contribution in [0.4, 0.5) is 9.18 Å². The van der Waals surface area contributed by atoms with Crippen LogP contribution in [0.1, 0.15) is 25.3 Å². The lowest BCUT2D eigenvalue weighted by atomic mass is 10.2. The van der Waals surface area contributed by atoms with E-state index in [4.69, 9.17) is 4.74 Å². The Labute approximate surface area is 191 Å². The van der Waals surface area contributed by atoms with Gasteiger partial charge < -0.3 is 14.2 Å². The minimum atomic E-state index is -2.31. The zero-order chi connectivity index (χ0) is 23.5. The van der Waals surface area contributed by atoms with Crippen LogP contribution in [0, 0.1) is 5.82 Å². The number of hydrazine groups is 1. The van der Waals surface area contributed by atoms with Crippen molar-refractivity contribution in [1.29, 1.82) is 0 Å². The zero-order valence-corrected chi connectivity index (χ0v) is 20.4. The van der Waals surface area contributed by atoms with Gasteiger partial charge in [-0.25, -0.2) is 14.2 Å². The molecule has 0 radical (unpaired) electrons. The molecule has 1 saturated heterocycles. The lowest BCUT2D eigenvalue weighted by molar-refractivity contribution is -0.113. The van der Waals surface area contributed by atoms with Crippen LogP contribution in [0.3, 0.4) is 0 Å². The molecule has 1 aromatic carbocycles. The van der Waals surface area contributed by atoms with Crippen LogP contribution in [0.2, 0.25) is 0 Å². The van der Waals surface area contributed by atoms with Gasteiger partial charge in [-0.15, -0.1) is 0 Å². The summed E-state index contributed by atoms with van der Waals surface area (Å²) in [5, 5.41) is 4.41. The van der Waals surface area contributed by atoms with Gasteiger partial charge >= 0.3 is 6.09 Å². The number of nitrogens with zero attached hydrogens (tertiary/aromatic N) is 4. The molecule has 0 saturated carbocycles. The Morgan fingerprint density at radius 2 is 2.06 bits per heavy atom. The summed E-state index contributed by atoms with van der Waals surface area (Å²) in [7, 11) is -0.714. The Morgan fingerprint density at radius 1 is 1.34 bits per heavy atom. The van der Waals surface area contributed by atoms with Gasteiger partial charge in [0.1, 0.15) is 11.6 Å². The van der Waals surface area contributed by atoms with E-state index in [1.807, 2.05) is 10.0 Å². The first-order chi connectivity index (χ1) is 15.1. The third-order valence-corrected chi connectivity index (χ3v) is 6.96. The summed E-state index contributed by atoms with van der Waals surface area (Å²) < 4.78 is 31.7. The molecule has 2 aliphatic rings. The van der Waals surface area contributed by atoms with Crippen molar-refractivity contribution in [3.63, 3.8) is 0 Å². The summed E-state index contributed by atoms with van der Waals surface area (Å²) in [5.41, 5.74) is 0.275. The Kier molecular flexibility index (Phi) is 7.79. The molecule has 11 heteroatoms. The third kappa shape index (κ3) is 6.21. The highest BCUT2D eigenvalue weighted by Crippen LogP contribution is 2.40. The average Bonchev–Trinajstić information content (AvgIpc) is 3.08. The number of halogens is 1. The highest BCUT2D eigenvalue weighted by Gasteiger charge is 2.32. The molecule has 0 spiro atoms. The van der Waals surface area contributed by atoms with Crippen molar-refractivity contribution in [1.82, 2.24) is 14.9 Å². The molecule has 32 heavy (non-hydrogen) atoms. The third-order valence-electron chi connectivity index (χ3n) is 4.95. The fraction of sp³-hybridized carbons (Fsp3) is 0.476. The number of benzene rings is 1. The molecule has 2 amide bonds. The maximum atomic E-state index is 13.9. The van der Waals surface area contributed by atoms with Crippen molar-refractivity contribution in [3.8, 4) is 5.75 Å². The second kappa shape index (κ2) is 10.2. The number of carbonyl (C=O) groups excluding carboxylic acids is 2. The second-order valence-corrected chi connectivity index (χ2v) is 12.6. The van der Waals surface area contributed by atoms with Gasteiger partial charge in [0.25, 0.3) is 5.91 Å². The van der Waals surface area contributed by atoms with Gasteiger partial charge in [-0.3, -0.25) is 9.80 Å². The largest absolute Gasteiger partial charge is 0.414 e. The van der Waals surface area contributed by atoms with Crippen LogP contribution in [0.15, 0.2) is 28.1 Å². The standard InChI is InChI=1S/C21H28FN4O4PS/c1-5-24(2)21(28)30-17-9-8-16(22)12-15(17)13-18-19(27)23-20(32-18)26-11-7-6-10-25(26)14-31(3,4)29/h8-9,12-13H,5-7,10-11,14H2,1-4H3/b18-13-. The first kappa shape index (κ1) is 24.5. The van der Waals surface area contributed by atoms with E-state index in [2.05, 4.69) is 4.99 Å². The Hall–Kier alpha value is -2.16. The van der Waals surface area contributed by atoms with Crippen LogP contribution >= 0.6 is 18.9 Å². The van der Waals surface area contributed by atoms with Crippen LogP contribution < -0.4 is 4.74 Å². The fourth-order valence-electron chi connectivity index (χ4n) is 3.25. The van der Waals surface area contributed by atoms with Gasteiger partial charge in [0, 0.05) is 32.2 Å². The van der Waals surface area contributed by atoms with Crippen molar-refractivity contribution in [2.75, 3.05) is 46.3 Å². The molecule has 2 heterocycles. The number of rotatable bonds is 5. The van der Waals surface area contributed by atoms with Crippen molar-refractivity contribution >= 4 is 42.1 Å². The van der Waals surface area contributed by atoms with E-state index in [9.17, 15) is 18.5 Å². The smallest absolute Gasteiger partial charge is 0.410 e. The van der Waals surface area contributed by atoms with Gasteiger partial charge in [-0.2, -0.15) is 4.99 Å². The monoisotopic (exact) mass is 482 g/mol. The van der Waals surface area contributed by atoms with Crippen molar-refractivity contribution in [2.45, 2.75) is 19.8 Å². The Balaban J connectivity index is 1.83. The molecular weight excluding hydrogens is 454 g/mol. The molecule has 174 valence electrons. The van der Waals surface area contributed by atoms with Gasteiger partial charge in [-0.1, -0.05) is 0 Å². The lowest BCUT2D eigenvalue weighted by Crippen LogP contribution is -2.49. The molecule has 1 fully saturated rings. The topological polar surface area (TPSA) is 82.5 Å². The number of hydrogen-bond donors (Lipinski definition) is 0. The van der Waals surface area contributed by atoms with E-state index in [1.54, 1.807) is 27.3 Å². The number of hydrogen-bond acceptors (Lipinski definition) is 7. The fourth-order valence-corrected chi connectivity index (χ4v) is 5.29. The summed E-state index contributed by atoms with van der Waals surface area (Å²) in [6.45, 7) is 7.16. The van der Waals surface area contributed by atoms with Crippen molar-refractivity contribution in [2.24, 2.45) is 4.99 Å². The van der Waals surface area contributed by atoms with Crippen molar-refractivity contribution < 1.29 is 23.3 Å². The summed E-state index contributed by atoms with van der Waals surface area (Å²) in [4.78, 5) is 30.6. The van der Waals surface area contributed by atoms with Crippen LogP contribution in [-0.4, -0.2) is 78.4 Å². The number of thioether (sulfide) groups is 1. The SMILES string of the molecule is CCN(C)C(=O)Oc1ccc(F)cc1/C=C1\SC(N2CCCCN2CP(C)(C)=O)=NC1=O. The molecule has 0 atom stereocenters. The summed E-state index contributed by atoms with van der Waals surface area (Å²) in [6, 6.07) is 3.77. The average molecular weight is 483 g/mol.